The minimum atomic E-state index is -0.410. The molecule has 0 unspecified atom stereocenters. The first-order valence-corrected chi connectivity index (χ1v) is 6.97. The zero-order valence-electron chi connectivity index (χ0n) is 12.6. The van der Waals surface area contributed by atoms with Gasteiger partial charge in [-0.25, -0.2) is 9.59 Å². The van der Waals surface area contributed by atoms with E-state index in [9.17, 15) is 9.59 Å². The predicted molar refractivity (Wildman–Crippen MR) is 86.2 cm³/mol. The van der Waals surface area contributed by atoms with Crippen molar-refractivity contribution >= 4 is 23.4 Å². The van der Waals surface area contributed by atoms with E-state index in [-0.39, 0.29) is 6.03 Å². The number of anilines is 2. The third-order valence-electron chi connectivity index (χ3n) is 3.18. The Balaban J connectivity index is 1.94. The summed E-state index contributed by atoms with van der Waals surface area (Å²) in [6.07, 6.45) is 0.957. The molecule has 2 N–H and O–H groups in total. The van der Waals surface area contributed by atoms with Gasteiger partial charge in [0.1, 0.15) is 0 Å². The molecule has 0 saturated heterocycles. The second-order valence-corrected chi connectivity index (χ2v) is 4.70. The van der Waals surface area contributed by atoms with E-state index in [0.29, 0.717) is 11.3 Å². The number of methoxy groups -OCH3 is 1. The summed E-state index contributed by atoms with van der Waals surface area (Å²) in [6, 6.07) is 13.8. The number of nitrogens with one attached hydrogen (secondary N) is 2. The van der Waals surface area contributed by atoms with Gasteiger partial charge in [-0.2, -0.15) is 0 Å². The van der Waals surface area contributed by atoms with Crippen LogP contribution in [0, 0.1) is 0 Å². The summed E-state index contributed by atoms with van der Waals surface area (Å²) in [7, 11) is 1.33. The lowest BCUT2D eigenvalue weighted by Crippen LogP contribution is -2.19. The van der Waals surface area contributed by atoms with E-state index in [1.807, 2.05) is 24.3 Å². The lowest BCUT2D eigenvalue weighted by Gasteiger charge is -2.08. The molecule has 0 aliphatic heterocycles. The molecule has 0 heterocycles. The Morgan fingerprint density at radius 3 is 1.86 bits per heavy atom. The first-order chi connectivity index (χ1) is 10.6. The molecule has 0 aliphatic rings. The molecule has 0 radical (unpaired) electrons. The zero-order valence-corrected chi connectivity index (χ0v) is 12.6. The summed E-state index contributed by atoms with van der Waals surface area (Å²) >= 11 is 0. The third-order valence-corrected chi connectivity index (χ3v) is 3.18. The number of rotatable bonds is 4. The number of carbonyl (C=O) groups excluding carboxylic acids is 2. The number of hydrogen-bond donors (Lipinski definition) is 2. The topological polar surface area (TPSA) is 67.4 Å². The Bertz CT molecular complexity index is 649. The van der Waals surface area contributed by atoms with Crippen molar-refractivity contribution in [1.29, 1.82) is 0 Å². The lowest BCUT2D eigenvalue weighted by atomic mass is 10.1. The van der Waals surface area contributed by atoms with Crippen LogP contribution in [0.1, 0.15) is 22.8 Å². The Hall–Kier alpha value is -2.82. The molecule has 5 heteroatoms. The van der Waals surface area contributed by atoms with Crippen molar-refractivity contribution in [2.24, 2.45) is 0 Å². The van der Waals surface area contributed by atoms with E-state index in [4.69, 9.17) is 0 Å². The van der Waals surface area contributed by atoms with Crippen LogP contribution < -0.4 is 10.6 Å². The summed E-state index contributed by atoms with van der Waals surface area (Å²) < 4.78 is 4.62. The Labute approximate surface area is 129 Å². The molecule has 2 aromatic carbocycles. The number of amides is 2. The van der Waals surface area contributed by atoms with Crippen LogP contribution in [-0.2, 0) is 11.2 Å². The summed E-state index contributed by atoms with van der Waals surface area (Å²) in [6.45, 7) is 2.08. The first-order valence-electron chi connectivity index (χ1n) is 6.97. The summed E-state index contributed by atoms with van der Waals surface area (Å²) in [5.74, 6) is -0.410. The maximum atomic E-state index is 11.9. The van der Waals surface area contributed by atoms with Crippen LogP contribution in [0.2, 0.25) is 0 Å². The van der Waals surface area contributed by atoms with Gasteiger partial charge in [0.05, 0.1) is 12.7 Å². The van der Waals surface area contributed by atoms with Gasteiger partial charge >= 0.3 is 12.0 Å². The molecular formula is C17H18N2O3. The zero-order chi connectivity index (χ0) is 15.9. The van der Waals surface area contributed by atoms with Crippen molar-refractivity contribution in [3.05, 3.63) is 59.7 Å². The van der Waals surface area contributed by atoms with Crippen molar-refractivity contribution in [3.63, 3.8) is 0 Å². The molecule has 0 fully saturated rings. The minimum Gasteiger partial charge on any atom is -0.465 e. The van der Waals surface area contributed by atoms with Crippen molar-refractivity contribution in [1.82, 2.24) is 0 Å². The second-order valence-electron chi connectivity index (χ2n) is 4.70. The van der Waals surface area contributed by atoms with Crippen LogP contribution in [0.3, 0.4) is 0 Å². The highest BCUT2D eigenvalue weighted by Crippen LogP contribution is 2.13. The first kappa shape index (κ1) is 15.6. The normalized spacial score (nSPS) is 9.91. The molecule has 0 aromatic heterocycles. The largest absolute Gasteiger partial charge is 0.465 e. The monoisotopic (exact) mass is 298 g/mol. The van der Waals surface area contributed by atoms with Crippen LogP contribution in [0.25, 0.3) is 0 Å². The van der Waals surface area contributed by atoms with Gasteiger partial charge in [0.15, 0.2) is 0 Å². The molecule has 5 nitrogen and oxygen atoms in total. The van der Waals surface area contributed by atoms with Gasteiger partial charge in [0.2, 0.25) is 0 Å². The highest BCUT2D eigenvalue weighted by Gasteiger charge is 2.06. The second kappa shape index (κ2) is 7.26. The van der Waals surface area contributed by atoms with Gasteiger partial charge in [-0.1, -0.05) is 19.1 Å². The molecule has 114 valence electrons. The maximum absolute atomic E-state index is 11.9. The molecule has 0 saturated carbocycles. The van der Waals surface area contributed by atoms with Gasteiger partial charge in [-0.05, 0) is 48.4 Å². The molecular weight excluding hydrogens is 280 g/mol. The molecule has 2 aromatic rings. The molecule has 2 amide bonds. The third kappa shape index (κ3) is 4.09. The highest BCUT2D eigenvalue weighted by atomic mass is 16.5. The van der Waals surface area contributed by atoms with Gasteiger partial charge in [-0.3, -0.25) is 0 Å². The van der Waals surface area contributed by atoms with E-state index in [2.05, 4.69) is 22.3 Å². The number of hydrogen-bond acceptors (Lipinski definition) is 3. The number of esters is 1. The fraction of sp³-hybridized carbons (Fsp3) is 0.176. The fourth-order valence-corrected chi connectivity index (χ4v) is 1.92. The van der Waals surface area contributed by atoms with Crippen LogP contribution in [0.4, 0.5) is 16.2 Å². The Morgan fingerprint density at radius 2 is 1.41 bits per heavy atom. The van der Waals surface area contributed by atoms with Crippen LogP contribution >= 0.6 is 0 Å². The van der Waals surface area contributed by atoms with Crippen LogP contribution in [-0.4, -0.2) is 19.1 Å². The number of carbonyl (C=O) groups is 2. The van der Waals surface area contributed by atoms with Crippen molar-refractivity contribution in [2.75, 3.05) is 17.7 Å². The number of benzene rings is 2. The summed E-state index contributed by atoms with van der Waals surface area (Å²) in [5.41, 5.74) is 2.96. The van der Waals surface area contributed by atoms with Crippen molar-refractivity contribution in [3.8, 4) is 0 Å². The summed E-state index contributed by atoms with van der Waals surface area (Å²) in [5, 5.41) is 5.45. The van der Waals surface area contributed by atoms with E-state index in [1.54, 1.807) is 24.3 Å². The van der Waals surface area contributed by atoms with E-state index in [0.717, 1.165) is 12.1 Å². The molecule has 2 rings (SSSR count). The molecule has 0 atom stereocenters. The molecule has 22 heavy (non-hydrogen) atoms. The van der Waals surface area contributed by atoms with Crippen molar-refractivity contribution in [2.45, 2.75) is 13.3 Å². The smallest absolute Gasteiger partial charge is 0.337 e. The quantitative estimate of drug-likeness (QED) is 0.846. The van der Waals surface area contributed by atoms with E-state index in [1.165, 1.54) is 12.7 Å². The number of ether oxygens (including phenoxy) is 1. The van der Waals surface area contributed by atoms with Gasteiger partial charge in [0, 0.05) is 11.4 Å². The number of urea groups is 1. The minimum absolute atomic E-state index is 0.338. The Kier molecular flexibility index (Phi) is 5.14. The number of aryl methyl sites for hydroxylation is 1. The van der Waals surface area contributed by atoms with E-state index >= 15 is 0 Å². The maximum Gasteiger partial charge on any atom is 0.337 e. The highest BCUT2D eigenvalue weighted by molar-refractivity contribution is 6.00. The van der Waals surface area contributed by atoms with Crippen LogP contribution in [0.5, 0.6) is 0 Å². The van der Waals surface area contributed by atoms with E-state index < -0.39 is 5.97 Å². The molecule has 0 bridgehead atoms. The fourth-order valence-electron chi connectivity index (χ4n) is 1.92. The van der Waals surface area contributed by atoms with Gasteiger partial charge in [0.25, 0.3) is 0 Å². The average Bonchev–Trinajstić information content (AvgIpc) is 2.55. The SMILES string of the molecule is CCc1ccc(NC(=O)Nc2ccc(C(=O)OC)cc2)cc1. The lowest BCUT2D eigenvalue weighted by molar-refractivity contribution is 0.0601. The van der Waals surface area contributed by atoms with Crippen molar-refractivity contribution < 1.29 is 14.3 Å². The Morgan fingerprint density at radius 1 is 0.909 bits per heavy atom. The predicted octanol–water partition coefficient (Wildman–Crippen LogP) is 3.68. The average molecular weight is 298 g/mol. The van der Waals surface area contributed by atoms with Crippen LogP contribution in [0.15, 0.2) is 48.5 Å². The summed E-state index contributed by atoms with van der Waals surface area (Å²) in [4.78, 5) is 23.2. The van der Waals surface area contributed by atoms with Gasteiger partial charge < -0.3 is 15.4 Å². The molecule has 0 spiro atoms. The van der Waals surface area contributed by atoms with Gasteiger partial charge in [-0.15, -0.1) is 0 Å². The standard InChI is InChI=1S/C17H18N2O3/c1-3-12-4-8-14(9-5-12)18-17(21)19-15-10-6-13(7-11-15)16(20)22-2/h4-11H,3H2,1-2H3,(H2,18,19,21). The molecule has 0 aliphatic carbocycles.